The first kappa shape index (κ1) is 24.4. The van der Waals surface area contributed by atoms with Crippen molar-refractivity contribution < 1.29 is 28.8 Å². The first-order valence-electron chi connectivity index (χ1n) is 11.7. The molecule has 6 nitrogen and oxygen atoms in total. The van der Waals surface area contributed by atoms with Crippen molar-refractivity contribution in [2.45, 2.75) is 25.4 Å². The number of hydrogen-bond donors (Lipinski definition) is 1. The Morgan fingerprint density at radius 2 is 1.00 bits per heavy atom. The molecule has 0 radical (unpaired) electrons. The molecule has 1 heterocycles. The van der Waals surface area contributed by atoms with E-state index in [1.54, 1.807) is 0 Å². The normalized spacial score (nSPS) is 21.3. The fourth-order valence-corrected chi connectivity index (χ4v) is 3.85. The standard InChI is InChI=1S/C28H32O6/c29-28-24-12-7-13-25(28)19-32-21-27(23-10-5-2-6-11-23)34-17-15-30-14-16-33-26(20-31-18-24)22-8-3-1-4-9-22/h1-13,26-27,29H,14-21H2/t26-,27?/m1/s1. The first-order valence-corrected chi connectivity index (χ1v) is 11.7. The Balaban J connectivity index is 1.46. The average Bonchev–Trinajstić information content (AvgIpc) is 2.88. The SMILES string of the molecule is Oc1c2cccc1COC[C@H](c1ccccc1)OCCOCCOC(c1ccccc1)COC2. The smallest absolute Gasteiger partial charge is 0.126 e. The Morgan fingerprint density at radius 3 is 1.47 bits per heavy atom. The predicted octanol–water partition coefficient (Wildman–Crippen LogP) is 4.97. The third kappa shape index (κ3) is 7.13. The minimum atomic E-state index is -0.226. The summed E-state index contributed by atoms with van der Waals surface area (Å²) in [5, 5.41) is 10.8. The van der Waals surface area contributed by atoms with Crippen LogP contribution in [0.2, 0.25) is 0 Å². The lowest BCUT2D eigenvalue weighted by Crippen LogP contribution is -2.18. The van der Waals surface area contributed by atoms with Crippen LogP contribution in [0.15, 0.2) is 78.9 Å². The monoisotopic (exact) mass is 464 g/mol. The van der Waals surface area contributed by atoms with Gasteiger partial charge in [-0.1, -0.05) is 78.9 Å². The molecule has 34 heavy (non-hydrogen) atoms. The van der Waals surface area contributed by atoms with Crippen molar-refractivity contribution in [2.75, 3.05) is 39.6 Å². The number of para-hydroxylation sites is 1. The minimum Gasteiger partial charge on any atom is -0.507 e. The molecular weight excluding hydrogens is 432 g/mol. The van der Waals surface area contributed by atoms with Gasteiger partial charge >= 0.3 is 0 Å². The van der Waals surface area contributed by atoms with Gasteiger partial charge in [0.05, 0.1) is 52.9 Å². The van der Waals surface area contributed by atoms with E-state index >= 15 is 0 Å². The minimum absolute atomic E-state index is 0.200. The van der Waals surface area contributed by atoms with Gasteiger partial charge in [0.25, 0.3) is 0 Å². The van der Waals surface area contributed by atoms with Crippen LogP contribution in [-0.2, 0) is 36.9 Å². The van der Waals surface area contributed by atoms with Crippen LogP contribution in [0.1, 0.15) is 34.5 Å². The van der Waals surface area contributed by atoms with Gasteiger partial charge < -0.3 is 28.8 Å². The van der Waals surface area contributed by atoms with E-state index in [1.807, 2.05) is 78.9 Å². The summed E-state index contributed by atoms with van der Waals surface area (Å²) in [6.45, 7) is 3.09. The Hall–Kier alpha value is -2.74. The number of phenolic OH excluding ortho intramolecular Hbond substituents is 1. The summed E-state index contributed by atoms with van der Waals surface area (Å²) in [5.74, 6) is 0.200. The maximum Gasteiger partial charge on any atom is 0.126 e. The van der Waals surface area contributed by atoms with E-state index in [9.17, 15) is 5.11 Å². The van der Waals surface area contributed by atoms with Crippen molar-refractivity contribution in [2.24, 2.45) is 0 Å². The largest absolute Gasteiger partial charge is 0.507 e. The molecule has 2 atom stereocenters. The number of benzene rings is 3. The number of hydrogen-bond acceptors (Lipinski definition) is 6. The van der Waals surface area contributed by atoms with E-state index in [2.05, 4.69) is 0 Å². The van der Waals surface area contributed by atoms with Crippen LogP contribution in [0.5, 0.6) is 5.75 Å². The summed E-state index contributed by atoms with van der Waals surface area (Å²) >= 11 is 0. The van der Waals surface area contributed by atoms with E-state index < -0.39 is 0 Å². The van der Waals surface area contributed by atoms with Crippen LogP contribution in [0.4, 0.5) is 0 Å². The Morgan fingerprint density at radius 1 is 0.529 bits per heavy atom. The first-order chi connectivity index (χ1) is 16.8. The zero-order chi connectivity index (χ0) is 23.4. The predicted molar refractivity (Wildman–Crippen MR) is 129 cm³/mol. The lowest BCUT2D eigenvalue weighted by Gasteiger charge is -2.21. The second-order valence-corrected chi connectivity index (χ2v) is 8.11. The summed E-state index contributed by atoms with van der Waals surface area (Å²) in [4.78, 5) is 0. The molecule has 0 aliphatic carbocycles. The van der Waals surface area contributed by atoms with Crippen LogP contribution >= 0.6 is 0 Å². The highest BCUT2D eigenvalue weighted by molar-refractivity contribution is 5.39. The maximum absolute atomic E-state index is 10.8. The highest BCUT2D eigenvalue weighted by atomic mass is 16.6. The third-order valence-corrected chi connectivity index (χ3v) is 5.69. The summed E-state index contributed by atoms with van der Waals surface area (Å²) in [6.07, 6.45) is -0.452. The Bertz CT molecular complexity index is 903. The van der Waals surface area contributed by atoms with E-state index in [1.165, 1.54) is 0 Å². The summed E-state index contributed by atoms with van der Waals surface area (Å²) in [6, 6.07) is 25.6. The fraction of sp³-hybridized carbons (Fsp3) is 0.357. The molecular formula is C28H32O6. The lowest BCUT2D eigenvalue weighted by molar-refractivity contribution is -0.0645. The topological polar surface area (TPSA) is 66.4 Å². The Kier molecular flexibility index (Phi) is 9.49. The van der Waals surface area contributed by atoms with Crippen LogP contribution in [0.25, 0.3) is 0 Å². The van der Waals surface area contributed by atoms with E-state index in [0.717, 1.165) is 11.1 Å². The second kappa shape index (κ2) is 13.2. The molecule has 0 saturated heterocycles. The summed E-state index contributed by atoms with van der Waals surface area (Å²) < 4.78 is 29.8. The van der Waals surface area contributed by atoms with Crippen molar-refractivity contribution >= 4 is 0 Å². The van der Waals surface area contributed by atoms with Gasteiger partial charge in [-0.25, -0.2) is 0 Å². The van der Waals surface area contributed by atoms with Crippen LogP contribution in [0, 0.1) is 0 Å². The summed E-state index contributed by atoms with van der Waals surface area (Å²) in [5.41, 5.74) is 3.51. The molecule has 1 N–H and O–H groups in total. The lowest BCUT2D eigenvalue weighted by atomic mass is 10.1. The zero-order valence-corrected chi connectivity index (χ0v) is 19.3. The molecule has 4 rings (SSSR count). The molecule has 0 spiro atoms. The number of ether oxygens (including phenoxy) is 5. The van der Waals surface area contributed by atoms with Gasteiger partial charge in [-0.15, -0.1) is 0 Å². The van der Waals surface area contributed by atoms with Crippen LogP contribution < -0.4 is 0 Å². The van der Waals surface area contributed by atoms with Crippen LogP contribution in [0.3, 0.4) is 0 Å². The van der Waals surface area contributed by atoms with Gasteiger partial charge in [-0.2, -0.15) is 0 Å². The maximum atomic E-state index is 10.8. The zero-order valence-electron chi connectivity index (χ0n) is 19.3. The molecule has 6 heteroatoms. The highest BCUT2D eigenvalue weighted by Crippen LogP contribution is 2.26. The molecule has 3 aromatic rings. The van der Waals surface area contributed by atoms with Gasteiger partial charge in [0.2, 0.25) is 0 Å². The molecule has 2 bridgehead atoms. The van der Waals surface area contributed by atoms with Crippen molar-refractivity contribution in [3.05, 3.63) is 101 Å². The quantitative estimate of drug-likeness (QED) is 0.578. The Labute approximate surface area is 201 Å². The van der Waals surface area contributed by atoms with Crippen molar-refractivity contribution in [3.8, 4) is 5.75 Å². The van der Waals surface area contributed by atoms with Crippen LogP contribution in [-0.4, -0.2) is 44.7 Å². The molecule has 0 amide bonds. The second-order valence-electron chi connectivity index (χ2n) is 8.11. The van der Waals surface area contributed by atoms with Crippen molar-refractivity contribution in [1.29, 1.82) is 0 Å². The number of aromatic hydroxyl groups is 1. The van der Waals surface area contributed by atoms with Crippen molar-refractivity contribution in [3.63, 3.8) is 0 Å². The molecule has 0 fully saturated rings. The summed E-state index contributed by atoms with van der Waals surface area (Å²) in [7, 11) is 0. The molecule has 3 aromatic carbocycles. The molecule has 180 valence electrons. The average molecular weight is 465 g/mol. The number of rotatable bonds is 2. The molecule has 1 aliphatic rings. The van der Waals surface area contributed by atoms with Crippen molar-refractivity contribution in [1.82, 2.24) is 0 Å². The molecule has 0 saturated carbocycles. The van der Waals surface area contributed by atoms with E-state index in [0.29, 0.717) is 50.8 Å². The van der Waals surface area contributed by atoms with Gasteiger partial charge in [0, 0.05) is 11.1 Å². The number of phenols is 1. The molecule has 0 aromatic heterocycles. The fourth-order valence-electron chi connectivity index (χ4n) is 3.85. The van der Waals surface area contributed by atoms with E-state index in [-0.39, 0.29) is 31.2 Å². The molecule has 1 unspecified atom stereocenters. The molecule has 1 aliphatic heterocycles. The highest BCUT2D eigenvalue weighted by Gasteiger charge is 2.16. The van der Waals surface area contributed by atoms with Gasteiger partial charge in [-0.3, -0.25) is 0 Å². The van der Waals surface area contributed by atoms with Gasteiger partial charge in [0.1, 0.15) is 18.0 Å². The van der Waals surface area contributed by atoms with Gasteiger partial charge in [-0.05, 0) is 11.1 Å². The van der Waals surface area contributed by atoms with E-state index in [4.69, 9.17) is 23.7 Å². The number of fused-ring (bicyclic) bond motifs is 2. The van der Waals surface area contributed by atoms with Gasteiger partial charge in [0.15, 0.2) is 0 Å². The third-order valence-electron chi connectivity index (χ3n) is 5.69.